The molecule has 2 aliphatic rings. The van der Waals surface area contributed by atoms with E-state index < -0.39 is 0 Å². The highest BCUT2D eigenvalue weighted by Gasteiger charge is 2.48. The first-order valence-electron chi connectivity index (χ1n) is 14.5. The second kappa shape index (κ2) is 14.7. The lowest BCUT2D eigenvalue weighted by Gasteiger charge is -2.11. The van der Waals surface area contributed by atoms with Crippen LogP contribution in [0.3, 0.4) is 0 Å². The Morgan fingerprint density at radius 2 is 1.54 bits per heavy atom. The topological polar surface area (TPSA) is 75.2 Å². The summed E-state index contributed by atoms with van der Waals surface area (Å²) in [4.78, 5) is 26.3. The maximum Gasteiger partial charge on any atom is 0.221 e. The number of unbranched alkanes of at least 4 members (excludes halogenated alkanes) is 7. The molecule has 37 heavy (non-hydrogen) atoms. The molecule has 0 bridgehead atoms. The largest absolute Gasteiger partial charge is 0.356 e. The number of aryl methyl sites for hydroxylation is 1. The van der Waals surface area contributed by atoms with Crippen LogP contribution in [0, 0.1) is 0 Å². The van der Waals surface area contributed by atoms with Crippen molar-refractivity contribution in [2.24, 2.45) is 0 Å². The Hall–Kier alpha value is -2.12. The maximum absolute atomic E-state index is 12.4. The number of rotatable bonds is 20. The van der Waals surface area contributed by atoms with E-state index in [1.54, 1.807) is 0 Å². The minimum Gasteiger partial charge on any atom is -0.356 e. The number of hydrogen-bond donors (Lipinski definition) is 3. The van der Waals surface area contributed by atoms with Crippen LogP contribution in [-0.2, 0) is 22.7 Å². The molecule has 204 valence electrons. The average Bonchev–Trinajstić information content (AvgIpc) is 3.79. The Morgan fingerprint density at radius 1 is 0.892 bits per heavy atom. The van der Waals surface area contributed by atoms with Gasteiger partial charge in [-0.2, -0.15) is 10.5 Å². The highest BCUT2D eigenvalue weighted by Crippen LogP contribution is 2.58. The highest BCUT2D eigenvalue weighted by molar-refractivity contribution is 8.27. The monoisotopic (exact) mass is 526 g/mol. The summed E-state index contributed by atoms with van der Waals surface area (Å²) in [5.74, 6) is 1.76. The molecule has 3 N–H and O–H groups in total. The van der Waals surface area contributed by atoms with Crippen LogP contribution >= 0.6 is 10.5 Å². The van der Waals surface area contributed by atoms with Crippen LogP contribution in [0.4, 0.5) is 0 Å². The average molecular weight is 527 g/mol. The predicted molar refractivity (Wildman–Crippen MR) is 157 cm³/mol. The van der Waals surface area contributed by atoms with Gasteiger partial charge in [0.1, 0.15) is 0 Å². The molecule has 4 rings (SSSR count). The van der Waals surface area contributed by atoms with E-state index in [2.05, 4.69) is 38.7 Å². The van der Waals surface area contributed by atoms with Gasteiger partial charge in [-0.05, 0) is 73.7 Å². The fourth-order valence-electron chi connectivity index (χ4n) is 5.19. The summed E-state index contributed by atoms with van der Waals surface area (Å²) in [6, 6.07) is 10.5. The van der Waals surface area contributed by atoms with Crippen LogP contribution in [0.25, 0.3) is 10.9 Å². The summed E-state index contributed by atoms with van der Waals surface area (Å²) in [6.07, 6.45) is 13.1. The van der Waals surface area contributed by atoms with Gasteiger partial charge in [0.05, 0.1) is 0 Å². The third-order valence-electron chi connectivity index (χ3n) is 7.54. The van der Waals surface area contributed by atoms with Crippen molar-refractivity contribution in [3.05, 3.63) is 36.0 Å². The summed E-state index contributed by atoms with van der Waals surface area (Å²) < 4.78 is 2.24. The van der Waals surface area contributed by atoms with Crippen molar-refractivity contribution >= 4 is 38.1 Å². The number of amides is 2. The van der Waals surface area contributed by atoms with E-state index in [0.29, 0.717) is 25.9 Å². The first-order chi connectivity index (χ1) is 18.2. The van der Waals surface area contributed by atoms with E-state index in [1.165, 1.54) is 60.9 Å². The number of para-hydroxylation sites is 1. The Bertz CT molecular complexity index is 1080. The Kier molecular flexibility index (Phi) is 11.1. The molecule has 1 aromatic carbocycles. The summed E-state index contributed by atoms with van der Waals surface area (Å²) >= 11 is 0. The molecule has 0 spiro atoms. The molecule has 1 aliphatic heterocycles. The van der Waals surface area contributed by atoms with Crippen LogP contribution in [0.1, 0.15) is 82.7 Å². The fraction of sp³-hybridized carbons (Fsp3) is 0.633. The summed E-state index contributed by atoms with van der Waals surface area (Å²) in [6.45, 7) is 2.91. The van der Waals surface area contributed by atoms with Crippen LogP contribution in [0.15, 0.2) is 30.3 Å². The molecule has 2 heterocycles. The molecule has 6 nitrogen and oxygen atoms in total. The van der Waals surface area contributed by atoms with Crippen molar-refractivity contribution in [2.45, 2.75) is 95.4 Å². The molecule has 7 heteroatoms. The van der Waals surface area contributed by atoms with Crippen molar-refractivity contribution in [3.63, 3.8) is 0 Å². The van der Waals surface area contributed by atoms with Gasteiger partial charge < -0.3 is 20.5 Å². The lowest BCUT2D eigenvalue weighted by molar-refractivity contribution is -0.122. The zero-order valence-electron chi connectivity index (χ0n) is 22.7. The van der Waals surface area contributed by atoms with Gasteiger partial charge in [-0.1, -0.05) is 43.9 Å². The SMILES string of the molecule is CNCc1cc2ccccc2n1CCC(=O)NCCCCCNC(=O)CCCCCCCCS1=C2CC21. The number of nitrogens with zero attached hydrogens (tertiary/aromatic N) is 1. The Balaban J connectivity index is 0.949. The third-order valence-corrected chi connectivity index (χ3v) is 10.3. The first-order valence-corrected chi connectivity index (χ1v) is 15.9. The molecule has 1 fully saturated rings. The lowest BCUT2D eigenvalue weighted by Crippen LogP contribution is -2.26. The van der Waals surface area contributed by atoms with Crippen molar-refractivity contribution < 1.29 is 9.59 Å². The van der Waals surface area contributed by atoms with E-state index in [1.807, 2.05) is 24.0 Å². The molecule has 0 saturated heterocycles. The molecule has 2 atom stereocenters. The van der Waals surface area contributed by atoms with Gasteiger partial charge in [0.2, 0.25) is 11.8 Å². The predicted octanol–water partition coefficient (Wildman–Crippen LogP) is 5.11. The molecule has 2 amide bonds. The number of aromatic nitrogens is 1. The Labute approximate surface area is 225 Å². The van der Waals surface area contributed by atoms with Crippen LogP contribution in [0.2, 0.25) is 0 Å². The highest BCUT2D eigenvalue weighted by atomic mass is 32.2. The van der Waals surface area contributed by atoms with Crippen LogP contribution < -0.4 is 16.0 Å². The van der Waals surface area contributed by atoms with E-state index in [9.17, 15) is 9.59 Å². The molecular formula is C30H46N4O2S. The van der Waals surface area contributed by atoms with Gasteiger partial charge in [0, 0.05) is 55.5 Å². The maximum atomic E-state index is 12.4. The summed E-state index contributed by atoms with van der Waals surface area (Å²) in [5.41, 5.74) is 2.38. The standard InChI is InChI=1S/C30H46N4O2S/c1-31-23-25-21-24-13-8-9-14-26(24)34(25)19-16-30(36)33-18-11-6-10-17-32-29(35)15-7-4-2-3-5-12-20-37-27-22-28(27)37/h8-9,13-14,21,27,31H,2-7,10-12,15-20,22-23H2,1H3,(H,32,35)(H,33,36). The van der Waals surface area contributed by atoms with Crippen LogP contribution in [-0.4, -0.2) is 52.4 Å². The number of benzene rings is 1. The van der Waals surface area contributed by atoms with Gasteiger partial charge in [0.25, 0.3) is 0 Å². The number of nitrogens with one attached hydrogen (secondary N) is 3. The third kappa shape index (κ3) is 8.99. The van der Waals surface area contributed by atoms with E-state index in [-0.39, 0.29) is 11.8 Å². The molecule has 0 radical (unpaired) electrons. The second-order valence-electron chi connectivity index (χ2n) is 10.6. The number of carbonyl (C=O) groups excluding carboxylic acids is 2. The quantitative estimate of drug-likeness (QED) is 0.166. The van der Waals surface area contributed by atoms with E-state index in [0.717, 1.165) is 54.5 Å². The first kappa shape index (κ1) is 27.9. The molecule has 1 aliphatic carbocycles. The van der Waals surface area contributed by atoms with Crippen molar-refractivity contribution in [3.8, 4) is 0 Å². The zero-order valence-corrected chi connectivity index (χ0v) is 23.5. The van der Waals surface area contributed by atoms with Crippen molar-refractivity contribution in [2.75, 3.05) is 25.9 Å². The van der Waals surface area contributed by atoms with E-state index >= 15 is 0 Å². The van der Waals surface area contributed by atoms with Gasteiger partial charge >= 0.3 is 0 Å². The van der Waals surface area contributed by atoms with Gasteiger partial charge in [-0.25, -0.2) is 0 Å². The smallest absolute Gasteiger partial charge is 0.221 e. The summed E-state index contributed by atoms with van der Waals surface area (Å²) in [7, 11) is 2.74. The number of hydrogen-bond acceptors (Lipinski definition) is 3. The van der Waals surface area contributed by atoms with Crippen molar-refractivity contribution in [1.29, 1.82) is 0 Å². The molecule has 2 aromatic rings. The normalized spacial score (nSPS) is 17.6. The van der Waals surface area contributed by atoms with Gasteiger partial charge in [-0.15, -0.1) is 0 Å². The number of carbonyl (C=O) groups is 2. The summed E-state index contributed by atoms with van der Waals surface area (Å²) in [5, 5.41) is 11.6. The molecule has 2 unspecified atom stereocenters. The second-order valence-corrected chi connectivity index (χ2v) is 12.9. The minimum absolute atomic E-state index is 0.0974. The van der Waals surface area contributed by atoms with E-state index in [4.69, 9.17) is 0 Å². The molecule has 1 saturated carbocycles. The van der Waals surface area contributed by atoms with Crippen LogP contribution in [0.5, 0.6) is 0 Å². The minimum atomic E-state index is 0.0974. The lowest BCUT2D eigenvalue weighted by atomic mass is 10.1. The van der Waals surface area contributed by atoms with Gasteiger partial charge in [-0.3, -0.25) is 9.59 Å². The fourth-order valence-corrected chi connectivity index (χ4v) is 7.52. The van der Waals surface area contributed by atoms with Crippen molar-refractivity contribution in [1.82, 2.24) is 20.5 Å². The molecule has 1 aromatic heterocycles. The zero-order chi connectivity index (χ0) is 25.9. The number of fused-ring (bicyclic) bond motifs is 2. The Morgan fingerprint density at radius 3 is 2.24 bits per heavy atom. The van der Waals surface area contributed by atoms with Gasteiger partial charge in [0.15, 0.2) is 0 Å². The molecular weight excluding hydrogens is 480 g/mol.